The van der Waals surface area contributed by atoms with Gasteiger partial charge in [0.2, 0.25) is 5.91 Å². The summed E-state index contributed by atoms with van der Waals surface area (Å²) >= 11 is 6.10. The first-order valence-corrected chi connectivity index (χ1v) is 11.3. The molecule has 1 aromatic heterocycles. The molecule has 0 bridgehead atoms. The third kappa shape index (κ3) is 6.02. The molecule has 0 fully saturated rings. The Balaban J connectivity index is 1.37. The van der Waals surface area contributed by atoms with Crippen LogP contribution in [0.15, 0.2) is 78.9 Å². The molecule has 33 heavy (non-hydrogen) atoms. The van der Waals surface area contributed by atoms with Crippen LogP contribution in [0.4, 0.5) is 0 Å². The second-order valence-corrected chi connectivity index (χ2v) is 8.12. The minimum Gasteiger partial charge on any atom is -0.492 e. The molecule has 0 aliphatic heterocycles. The standard InChI is InChI=1S/C27H26ClN3O2/c1-20-19-22(12-13-23(20)28)33-18-17-31-25-10-6-5-9-24(25)30-26(31)15-16-29-27(32)14-11-21-7-3-2-4-8-21/h2-14,19H,15-18H2,1H3,(H,29,32)/b14-11+. The molecular formula is C27H26ClN3O2. The lowest BCUT2D eigenvalue weighted by Crippen LogP contribution is -2.25. The monoisotopic (exact) mass is 459 g/mol. The third-order valence-electron chi connectivity index (χ3n) is 5.32. The van der Waals surface area contributed by atoms with Gasteiger partial charge >= 0.3 is 0 Å². The highest BCUT2D eigenvalue weighted by Crippen LogP contribution is 2.21. The number of nitrogens with zero attached hydrogens (tertiary/aromatic N) is 2. The van der Waals surface area contributed by atoms with Crippen LogP contribution in [-0.2, 0) is 17.8 Å². The molecule has 5 nitrogen and oxygen atoms in total. The number of hydrogen-bond acceptors (Lipinski definition) is 3. The summed E-state index contributed by atoms with van der Waals surface area (Å²) in [6.45, 7) is 3.61. The molecule has 0 saturated carbocycles. The van der Waals surface area contributed by atoms with Gasteiger partial charge in [-0.2, -0.15) is 0 Å². The lowest BCUT2D eigenvalue weighted by atomic mass is 10.2. The number of ether oxygens (including phenoxy) is 1. The van der Waals surface area contributed by atoms with E-state index in [1.165, 1.54) is 0 Å². The summed E-state index contributed by atoms with van der Waals surface area (Å²) in [7, 11) is 0. The van der Waals surface area contributed by atoms with Crippen LogP contribution in [0.1, 0.15) is 17.0 Å². The molecule has 0 atom stereocenters. The lowest BCUT2D eigenvalue weighted by molar-refractivity contribution is -0.116. The number of hydrogen-bond donors (Lipinski definition) is 1. The zero-order chi connectivity index (χ0) is 23.0. The fourth-order valence-electron chi connectivity index (χ4n) is 3.62. The first-order chi connectivity index (χ1) is 16.1. The van der Waals surface area contributed by atoms with Crippen LogP contribution >= 0.6 is 11.6 Å². The van der Waals surface area contributed by atoms with Crippen LogP contribution < -0.4 is 10.1 Å². The average molecular weight is 460 g/mol. The van der Waals surface area contributed by atoms with Crippen LogP contribution in [-0.4, -0.2) is 28.6 Å². The number of para-hydroxylation sites is 2. The van der Waals surface area contributed by atoms with E-state index in [0.29, 0.717) is 26.1 Å². The van der Waals surface area contributed by atoms with Crippen molar-refractivity contribution in [2.24, 2.45) is 0 Å². The van der Waals surface area contributed by atoms with E-state index in [2.05, 4.69) is 16.0 Å². The second kappa shape index (κ2) is 10.8. The van der Waals surface area contributed by atoms with E-state index in [-0.39, 0.29) is 5.91 Å². The van der Waals surface area contributed by atoms with Gasteiger partial charge < -0.3 is 14.6 Å². The zero-order valence-corrected chi connectivity index (χ0v) is 19.3. The van der Waals surface area contributed by atoms with Crippen molar-refractivity contribution in [1.82, 2.24) is 14.9 Å². The molecule has 1 amide bonds. The number of carbonyl (C=O) groups is 1. The Morgan fingerprint density at radius 1 is 1.09 bits per heavy atom. The smallest absolute Gasteiger partial charge is 0.244 e. The van der Waals surface area contributed by atoms with Crippen molar-refractivity contribution in [3.63, 3.8) is 0 Å². The quantitative estimate of drug-likeness (QED) is 0.339. The molecule has 6 heteroatoms. The van der Waals surface area contributed by atoms with Gasteiger partial charge in [-0.15, -0.1) is 0 Å². The summed E-state index contributed by atoms with van der Waals surface area (Å²) in [4.78, 5) is 17.0. The number of carbonyl (C=O) groups excluding carboxylic acids is 1. The molecule has 168 valence electrons. The van der Waals surface area contributed by atoms with Gasteiger partial charge in [-0.1, -0.05) is 54.1 Å². The summed E-state index contributed by atoms with van der Waals surface area (Å²) in [6, 6.07) is 23.5. The maximum Gasteiger partial charge on any atom is 0.244 e. The number of aryl methyl sites for hydroxylation is 1. The minimum absolute atomic E-state index is 0.122. The zero-order valence-electron chi connectivity index (χ0n) is 18.5. The SMILES string of the molecule is Cc1cc(OCCn2c(CCNC(=O)/C=C/c3ccccc3)nc3ccccc32)ccc1Cl. The van der Waals surface area contributed by atoms with Crippen LogP contribution in [0.25, 0.3) is 17.1 Å². The maximum atomic E-state index is 12.2. The Hall–Kier alpha value is -3.57. The van der Waals surface area contributed by atoms with E-state index >= 15 is 0 Å². The number of fused-ring (bicyclic) bond motifs is 1. The van der Waals surface area contributed by atoms with Gasteiger partial charge in [0, 0.05) is 24.1 Å². The number of benzene rings is 3. The number of imidazole rings is 1. The summed E-state index contributed by atoms with van der Waals surface area (Å²) in [6.07, 6.45) is 3.99. The van der Waals surface area contributed by atoms with Gasteiger partial charge in [-0.25, -0.2) is 4.98 Å². The maximum absolute atomic E-state index is 12.2. The number of halogens is 1. The first-order valence-electron chi connectivity index (χ1n) is 10.9. The van der Waals surface area contributed by atoms with Crippen molar-refractivity contribution in [2.75, 3.05) is 13.2 Å². The Kier molecular flexibility index (Phi) is 7.43. The predicted molar refractivity (Wildman–Crippen MR) is 134 cm³/mol. The summed E-state index contributed by atoms with van der Waals surface area (Å²) in [5.74, 6) is 1.59. The Morgan fingerprint density at radius 3 is 2.70 bits per heavy atom. The van der Waals surface area contributed by atoms with E-state index in [1.807, 2.05) is 73.7 Å². The van der Waals surface area contributed by atoms with Crippen LogP contribution in [0.2, 0.25) is 5.02 Å². The van der Waals surface area contributed by atoms with E-state index in [4.69, 9.17) is 21.3 Å². The second-order valence-electron chi connectivity index (χ2n) is 7.71. The Bertz CT molecular complexity index is 1270. The van der Waals surface area contributed by atoms with Gasteiger partial charge in [-0.3, -0.25) is 4.79 Å². The van der Waals surface area contributed by atoms with Crippen LogP contribution in [0.5, 0.6) is 5.75 Å². The van der Waals surface area contributed by atoms with Gasteiger partial charge in [0.05, 0.1) is 17.6 Å². The molecule has 4 aromatic rings. The van der Waals surface area contributed by atoms with Gasteiger partial charge in [0.1, 0.15) is 18.2 Å². The number of amides is 1. The van der Waals surface area contributed by atoms with Crippen molar-refractivity contribution in [3.05, 3.63) is 101 Å². The van der Waals surface area contributed by atoms with E-state index in [0.717, 1.165) is 38.8 Å². The van der Waals surface area contributed by atoms with E-state index in [1.54, 1.807) is 12.2 Å². The van der Waals surface area contributed by atoms with Gasteiger partial charge in [-0.05, 0) is 54.5 Å². The molecule has 0 spiro atoms. The lowest BCUT2D eigenvalue weighted by Gasteiger charge is -2.12. The molecular weight excluding hydrogens is 434 g/mol. The number of nitrogens with one attached hydrogen (secondary N) is 1. The largest absolute Gasteiger partial charge is 0.492 e. The molecule has 3 aromatic carbocycles. The van der Waals surface area contributed by atoms with Crippen molar-refractivity contribution in [3.8, 4) is 5.75 Å². The molecule has 0 aliphatic rings. The van der Waals surface area contributed by atoms with Gasteiger partial charge in [0.15, 0.2) is 0 Å². The minimum atomic E-state index is -0.122. The summed E-state index contributed by atoms with van der Waals surface area (Å²) < 4.78 is 8.11. The molecule has 0 radical (unpaired) electrons. The number of aromatic nitrogens is 2. The van der Waals surface area contributed by atoms with E-state index in [9.17, 15) is 4.79 Å². The molecule has 0 unspecified atom stereocenters. The molecule has 4 rings (SSSR count). The van der Waals surface area contributed by atoms with Crippen LogP contribution in [0, 0.1) is 6.92 Å². The fraction of sp³-hybridized carbons (Fsp3) is 0.185. The Labute approximate surface area is 198 Å². The molecule has 0 aliphatic carbocycles. The highest BCUT2D eigenvalue weighted by atomic mass is 35.5. The predicted octanol–water partition coefficient (Wildman–Crippen LogP) is 5.45. The third-order valence-corrected chi connectivity index (χ3v) is 5.75. The van der Waals surface area contributed by atoms with E-state index < -0.39 is 0 Å². The van der Waals surface area contributed by atoms with Crippen molar-refractivity contribution >= 4 is 34.6 Å². The summed E-state index contributed by atoms with van der Waals surface area (Å²) in [5.41, 5.74) is 3.97. The Morgan fingerprint density at radius 2 is 1.88 bits per heavy atom. The topological polar surface area (TPSA) is 56.1 Å². The number of rotatable bonds is 9. The molecule has 1 heterocycles. The first kappa shape index (κ1) is 22.6. The van der Waals surface area contributed by atoms with Crippen molar-refractivity contribution in [2.45, 2.75) is 19.9 Å². The molecule has 0 saturated heterocycles. The van der Waals surface area contributed by atoms with Gasteiger partial charge in [0.25, 0.3) is 0 Å². The highest BCUT2D eigenvalue weighted by molar-refractivity contribution is 6.31. The average Bonchev–Trinajstić information content (AvgIpc) is 3.18. The van der Waals surface area contributed by atoms with Crippen molar-refractivity contribution < 1.29 is 9.53 Å². The molecule has 1 N–H and O–H groups in total. The highest BCUT2D eigenvalue weighted by Gasteiger charge is 2.11. The fourth-order valence-corrected chi connectivity index (χ4v) is 3.74. The van der Waals surface area contributed by atoms with Crippen molar-refractivity contribution in [1.29, 1.82) is 0 Å². The normalized spacial score (nSPS) is 11.2. The summed E-state index contributed by atoms with van der Waals surface area (Å²) in [5, 5.41) is 3.67. The van der Waals surface area contributed by atoms with Crippen LogP contribution in [0.3, 0.4) is 0 Å².